The fourth-order valence-electron chi connectivity index (χ4n) is 2.08. The molecule has 0 aliphatic heterocycles. The van der Waals surface area contributed by atoms with E-state index in [9.17, 15) is 9.90 Å². The van der Waals surface area contributed by atoms with Crippen LogP contribution in [0.4, 0.5) is 0 Å². The predicted octanol–water partition coefficient (Wildman–Crippen LogP) is 1.93. The lowest BCUT2D eigenvalue weighted by Gasteiger charge is -2.19. The maximum Gasteiger partial charge on any atom is 0.203 e. The molecule has 0 saturated carbocycles. The van der Waals surface area contributed by atoms with E-state index >= 15 is 0 Å². The van der Waals surface area contributed by atoms with Gasteiger partial charge in [-0.15, -0.1) is 0 Å². The van der Waals surface area contributed by atoms with Gasteiger partial charge in [0, 0.05) is 17.5 Å². The predicted molar refractivity (Wildman–Crippen MR) is 58.5 cm³/mol. The van der Waals surface area contributed by atoms with E-state index in [1.165, 1.54) is 14.2 Å². The van der Waals surface area contributed by atoms with Gasteiger partial charge in [0.2, 0.25) is 5.75 Å². The van der Waals surface area contributed by atoms with Crippen molar-refractivity contribution in [2.24, 2.45) is 0 Å². The normalized spacial score (nSPS) is 14.5. The first kappa shape index (κ1) is 10.8. The number of hydrogen-bond donors (Lipinski definition) is 1. The fourth-order valence-corrected chi connectivity index (χ4v) is 2.08. The third-order valence-electron chi connectivity index (χ3n) is 2.88. The number of benzene rings is 1. The molecule has 1 aliphatic rings. The molecule has 1 N–H and O–H groups in total. The molecule has 0 heterocycles. The summed E-state index contributed by atoms with van der Waals surface area (Å²) in [7, 11) is 2.95. The van der Waals surface area contributed by atoms with E-state index < -0.39 is 0 Å². The van der Waals surface area contributed by atoms with Crippen molar-refractivity contribution in [3.63, 3.8) is 0 Å². The summed E-state index contributed by atoms with van der Waals surface area (Å²) >= 11 is 0. The average molecular weight is 222 g/mol. The maximum atomic E-state index is 11.7. The second-order valence-corrected chi connectivity index (χ2v) is 3.76. The van der Waals surface area contributed by atoms with Gasteiger partial charge < -0.3 is 14.6 Å². The average Bonchev–Trinajstić information content (AvgIpc) is 2.30. The number of ketones is 1. The van der Waals surface area contributed by atoms with E-state index in [1.807, 2.05) is 0 Å². The summed E-state index contributed by atoms with van der Waals surface area (Å²) in [5.41, 5.74) is 1.23. The summed E-state index contributed by atoms with van der Waals surface area (Å²) in [5, 5.41) is 10.0. The summed E-state index contributed by atoms with van der Waals surface area (Å²) in [6, 6.07) is 1.65. The molecule has 0 fully saturated rings. The van der Waals surface area contributed by atoms with E-state index in [0.29, 0.717) is 35.5 Å². The van der Waals surface area contributed by atoms with E-state index in [-0.39, 0.29) is 11.5 Å². The third kappa shape index (κ3) is 1.50. The molecule has 0 bridgehead atoms. The fraction of sp³-hybridized carbons (Fsp3) is 0.417. The molecule has 0 aromatic heterocycles. The molecule has 1 aromatic carbocycles. The van der Waals surface area contributed by atoms with Gasteiger partial charge in [-0.2, -0.15) is 0 Å². The van der Waals surface area contributed by atoms with Crippen LogP contribution in [0.1, 0.15) is 28.8 Å². The van der Waals surface area contributed by atoms with Crippen LogP contribution in [-0.4, -0.2) is 25.1 Å². The molecular weight excluding hydrogens is 208 g/mol. The van der Waals surface area contributed by atoms with Crippen molar-refractivity contribution in [1.29, 1.82) is 0 Å². The van der Waals surface area contributed by atoms with E-state index in [2.05, 4.69) is 0 Å². The van der Waals surface area contributed by atoms with E-state index in [4.69, 9.17) is 9.47 Å². The second kappa shape index (κ2) is 4.04. The monoisotopic (exact) mass is 222 g/mol. The minimum absolute atomic E-state index is 0.0323. The Morgan fingerprint density at radius 3 is 2.62 bits per heavy atom. The Hall–Kier alpha value is -1.71. The van der Waals surface area contributed by atoms with E-state index in [0.717, 1.165) is 6.42 Å². The zero-order valence-corrected chi connectivity index (χ0v) is 9.37. The van der Waals surface area contributed by atoms with Gasteiger partial charge in [-0.3, -0.25) is 4.79 Å². The smallest absolute Gasteiger partial charge is 0.203 e. The van der Waals surface area contributed by atoms with Gasteiger partial charge in [0.25, 0.3) is 0 Å². The van der Waals surface area contributed by atoms with Crippen LogP contribution in [0, 0.1) is 0 Å². The highest BCUT2D eigenvalue weighted by Crippen LogP contribution is 2.43. The molecule has 0 amide bonds. The number of phenols is 1. The lowest BCUT2D eigenvalue weighted by atomic mass is 9.89. The lowest BCUT2D eigenvalue weighted by molar-refractivity contribution is 0.0971. The Morgan fingerprint density at radius 2 is 2.00 bits per heavy atom. The molecule has 0 atom stereocenters. The Morgan fingerprint density at radius 1 is 1.25 bits per heavy atom. The molecule has 4 heteroatoms. The standard InChI is InChI=1S/C12H14O4/c1-15-10-6-8-7(4-3-5-9(8)13)11(14)12(10)16-2/h6,14H,3-5H2,1-2H3. The number of carbonyl (C=O) groups excluding carboxylic acids is 1. The van der Waals surface area contributed by atoms with Crippen molar-refractivity contribution in [1.82, 2.24) is 0 Å². The van der Waals surface area contributed by atoms with Crippen LogP contribution >= 0.6 is 0 Å². The number of phenolic OH excluding ortho intramolecular Hbond substituents is 1. The topological polar surface area (TPSA) is 55.8 Å². The van der Waals surface area contributed by atoms with Crippen molar-refractivity contribution in [3.8, 4) is 17.2 Å². The molecule has 16 heavy (non-hydrogen) atoms. The van der Waals surface area contributed by atoms with Crippen LogP contribution in [0.2, 0.25) is 0 Å². The van der Waals surface area contributed by atoms with Gasteiger partial charge in [-0.05, 0) is 18.9 Å². The summed E-state index contributed by atoms with van der Waals surface area (Å²) < 4.78 is 10.2. The Labute approximate surface area is 93.8 Å². The molecule has 1 aromatic rings. The maximum absolute atomic E-state index is 11.7. The van der Waals surface area contributed by atoms with Crippen molar-refractivity contribution in [2.45, 2.75) is 19.3 Å². The Bertz CT molecular complexity index is 437. The molecule has 1 aliphatic carbocycles. The SMILES string of the molecule is COc1cc2c(c(O)c1OC)CCCC2=O. The summed E-state index contributed by atoms with van der Waals surface area (Å²) in [4.78, 5) is 11.7. The highest BCUT2D eigenvalue weighted by Gasteiger charge is 2.25. The minimum atomic E-state index is 0.0323. The molecule has 0 unspecified atom stereocenters. The summed E-state index contributed by atoms with van der Waals surface area (Å²) in [6.07, 6.45) is 2.00. The van der Waals surface area contributed by atoms with Gasteiger partial charge in [0.15, 0.2) is 17.3 Å². The number of aromatic hydroxyl groups is 1. The molecule has 2 rings (SSSR count). The van der Waals surface area contributed by atoms with Gasteiger partial charge >= 0.3 is 0 Å². The van der Waals surface area contributed by atoms with Gasteiger partial charge in [0.1, 0.15) is 0 Å². The van der Waals surface area contributed by atoms with Crippen molar-refractivity contribution in [2.75, 3.05) is 14.2 Å². The van der Waals surface area contributed by atoms with Crippen LogP contribution < -0.4 is 9.47 Å². The number of Topliss-reactive ketones (excluding diaryl/α,β-unsaturated/α-hetero) is 1. The molecule has 4 nitrogen and oxygen atoms in total. The zero-order chi connectivity index (χ0) is 11.7. The molecule has 86 valence electrons. The van der Waals surface area contributed by atoms with Crippen LogP contribution in [0.25, 0.3) is 0 Å². The molecule has 0 spiro atoms. The van der Waals surface area contributed by atoms with E-state index in [1.54, 1.807) is 6.07 Å². The highest BCUT2D eigenvalue weighted by atomic mass is 16.5. The minimum Gasteiger partial charge on any atom is -0.504 e. The number of hydrogen-bond acceptors (Lipinski definition) is 4. The summed E-state index contributed by atoms with van der Waals surface area (Å²) in [6.45, 7) is 0. The molecule has 0 saturated heterocycles. The number of carbonyl (C=O) groups is 1. The lowest BCUT2D eigenvalue weighted by Crippen LogP contribution is -2.11. The number of fused-ring (bicyclic) bond motifs is 1. The van der Waals surface area contributed by atoms with Crippen LogP contribution in [-0.2, 0) is 6.42 Å². The van der Waals surface area contributed by atoms with Crippen molar-refractivity contribution in [3.05, 3.63) is 17.2 Å². The Balaban J connectivity index is 2.65. The van der Waals surface area contributed by atoms with Gasteiger partial charge in [-0.1, -0.05) is 0 Å². The zero-order valence-electron chi connectivity index (χ0n) is 9.37. The number of methoxy groups -OCH3 is 2. The Kier molecular flexibility index (Phi) is 2.73. The van der Waals surface area contributed by atoms with Crippen LogP contribution in [0.5, 0.6) is 17.2 Å². The number of rotatable bonds is 2. The first-order valence-electron chi connectivity index (χ1n) is 5.19. The molecular formula is C12H14O4. The highest BCUT2D eigenvalue weighted by molar-refractivity contribution is 6.00. The first-order chi connectivity index (χ1) is 7.69. The largest absolute Gasteiger partial charge is 0.504 e. The van der Waals surface area contributed by atoms with Gasteiger partial charge in [0.05, 0.1) is 14.2 Å². The first-order valence-corrected chi connectivity index (χ1v) is 5.19. The van der Waals surface area contributed by atoms with Crippen LogP contribution in [0.15, 0.2) is 6.07 Å². The quantitative estimate of drug-likeness (QED) is 0.830. The summed E-state index contributed by atoms with van der Waals surface area (Å²) in [5.74, 6) is 0.785. The van der Waals surface area contributed by atoms with Crippen molar-refractivity contribution >= 4 is 5.78 Å². The third-order valence-corrected chi connectivity index (χ3v) is 2.88. The van der Waals surface area contributed by atoms with Gasteiger partial charge in [-0.25, -0.2) is 0 Å². The molecule has 0 radical (unpaired) electrons. The second-order valence-electron chi connectivity index (χ2n) is 3.76. The van der Waals surface area contributed by atoms with Crippen molar-refractivity contribution < 1.29 is 19.4 Å². The van der Waals surface area contributed by atoms with Crippen LogP contribution in [0.3, 0.4) is 0 Å². The number of ether oxygens (including phenoxy) is 2.